The SMILES string of the molecule is Cc1cc(C)cc(NC(=O)N[C@H]2CO[C@H]3[C@@H]2OC[C@@H]3/C=C\c2ccsc2)c1. The van der Waals surface area contributed by atoms with Crippen molar-refractivity contribution in [1.29, 1.82) is 0 Å². The Morgan fingerprint density at radius 3 is 2.67 bits per heavy atom. The first-order chi connectivity index (χ1) is 13.1. The van der Waals surface area contributed by atoms with E-state index in [1.807, 2.05) is 26.0 Å². The van der Waals surface area contributed by atoms with Gasteiger partial charge in [0.25, 0.3) is 0 Å². The first-order valence-electron chi connectivity index (χ1n) is 9.18. The minimum atomic E-state index is -0.227. The molecule has 3 heterocycles. The molecule has 1 aromatic heterocycles. The van der Waals surface area contributed by atoms with Gasteiger partial charge in [0, 0.05) is 11.6 Å². The lowest BCUT2D eigenvalue weighted by molar-refractivity contribution is 0.0662. The molecule has 4 rings (SSSR count). The molecule has 0 unspecified atom stereocenters. The Kier molecular flexibility index (Phi) is 5.29. The van der Waals surface area contributed by atoms with E-state index in [4.69, 9.17) is 9.47 Å². The third-order valence-corrected chi connectivity index (χ3v) is 5.67. The lowest BCUT2D eigenvalue weighted by atomic mass is 9.99. The van der Waals surface area contributed by atoms with Gasteiger partial charge in [0.2, 0.25) is 0 Å². The van der Waals surface area contributed by atoms with Crippen molar-refractivity contribution in [2.24, 2.45) is 5.92 Å². The Balaban J connectivity index is 1.34. The molecule has 2 aliphatic rings. The lowest BCUT2D eigenvalue weighted by Crippen LogP contribution is -2.45. The number of carbonyl (C=O) groups is 1. The van der Waals surface area contributed by atoms with Gasteiger partial charge in [-0.05, 0) is 59.5 Å². The maximum atomic E-state index is 12.4. The maximum absolute atomic E-state index is 12.4. The van der Waals surface area contributed by atoms with Crippen molar-refractivity contribution in [3.05, 3.63) is 57.8 Å². The molecule has 1 aromatic carbocycles. The summed E-state index contributed by atoms with van der Waals surface area (Å²) in [6, 6.07) is 7.71. The molecular weight excluding hydrogens is 360 g/mol. The zero-order chi connectivity index (χ0) is 18.8. The van der Waals surface area contributed by atoms with Crippen molar-refractivity contribution >= 4 is 29.1 Å². The molecule has 2 aromatic rings. The molecule has 5 nitrogen and oxygen atoms in total. The second kappa shape index (κ2) is 7.84. The van der Waals surface area contributed by atoms with Crippen LogP contribution in [0.1, 0.15) is 16.7 Å². The van der Waals surface area contributed by atoms with Gasteiger partial charge in [0.05, 0.1) is 25.4 Å². The number of fused-ring (bicyclic) bond motifs is 1. The minimum Gasteiger partial charge on any atom is -0.373 e. The summed E-state index contributed by atoms with van der Waals surface area (Å²) in [5.74, 6) is 0.212. The van der Waals surface area contributed by atoms with E-state index < -0.39 is 0 Å². The van der Waals surface area contributed by atoms with Crippen LogP contribution in [0.2, 0.25) is 0 Å². The van der Waals surface area contributed by atoms with Crippen molar-refractivity contribution in [3.8, 4) is 0 Å². The average Bonchev–Trinajstić information content (AvgIpc) is 3.31. The first kappa shape index (κ1) is 18.2. The van der Waals surface area contributed by atoms with Gasteiger partial charge in [0.1, 0.15) is 6.10 Å². The highest BCUT2D eigenvalue weighted by atomic mass is 32.1. The number of carbonyl (C=O) groups excluding carboxylic acids is 1. The second-order valence-corrected chi connectivity index (χ2v) is 8.04. The van der Waals surface area contributed by atoms with E-state index in [0.29, 0.717) is 13.2 Å². The van der Waals surface area contributed by atoms with E-state index in [2.05, 4.69) is 45.7 Å². The summed E-state index contributed by atoms with van der Waals surface area (Å²) in [5, 5.41) is 10.1. The van der Waals surface area contributed by atoms with Gasteiger partial charge in [-0.25, -0.2) is 4.79 Å². The van der Waals surface area contributed by atoms with Crippen molar-refractivity contribution in [2.45, 2.75) is 32.1 Å². The Labute approximate surface area is 163 Å². The number of thiophene rings is 1. The van der Waals surface area contributed by atoms with Crippen molar-refractivity contribution in [3.63, 3.8) is 0 Å². The third kappa shape index (κ3) is 4.24. The molecule has 2 saturated heterocycles. The number of ether oxygens (including phenoxy) is 2. The van der Waals surface area contributed by atoms with Crippen molar-refractivity contribution in [1.82, 2.24) is 5.32 Å². The number of nitrogens with one attached hydrogen (secondary N) is 2. The highest BCUT2D eigenvalue weighted by Gasteiger charge is 2.47. The van der Waals surface area contributed by atoms with Crippen LogP contribution >= 0.6 is 11.3 Å². The standard InChI is InChI=1S/C21H24N2O3S/c1-13-7-14(2)9-17(8-13)22-21(24)23-18-11-26-19-16(10-25-20(18)19)4-3-15-5-6-27-12-15/h3-9,12,16,18-20H,10-11H2,1-2H3,(H2,22,23,24)/b4-3-/t16-,18-,19+,20+/m0/s1. The van der Waals surface area contributed by atoms with E-state index in [1.165, 1.54) is 5.56 Å². The molecule has 6 heteroatoms. The second-order valence-electron chi connectivity index (χ2n) is 7.26. The molecule has 27 heavy (non-hydrogen) atoms. The highest BCUT2D eigenvalue weighted by Crippen LogP contribution is 2.32. The van der Waals surface area contributed by atoms with Crippen LogP contribution in [0.25, 0.3) is 6.08 Å². The molecule has 0 bridgehead atoms. The van der Waals surface area contributed by atoms with Gasteiger partial charge >= 0.3 is 6.03 Å². The smallest absolute Gasteiger partial charge is 0.319 e. The first-order valence-corrected chi connectivity index (χ1v) is 10.1. The number of anilines is 1. The number of rotatable bonds is 4. The van der Waals surface area contributed by atoms with Crippen LogP contribution < -0.4 is 10.6 Å². The van der Waals surface area contributed by atoms with Crippen LogP contribution in [0.4, 0.5) is 10.5 Å². The number of amides is 2. The summed E-state index contributed by atoms with van der Waals surface area (Å²) >= 11 is 1.68. The summed E-state index contributed by atoms with van der Waals surface area (Å²) in [7, 11) is 0. The van der Waals surface area contributed by atoms with E-state index in [9.17, 15) is 4.79 Å². The molecular formula is C21H24N2O3S. The van der Waals surface area contributed by atoms with E-state index >= 15 is 0 Å². The van der Waals surface area contributed by atoms with Gasteiger partial charge in [-0.15, -0.1) is 0 Å². The predicted molar refractivity (Wildman–Crippen MR) is 108 cm³/mol. The number of hydrogen-bond acceptors (Lipinski definition) is 4. The Morgan fingerprint density at radius 2 is 1.93 bits per heavy atom. The summed E-state index contributed by atoms with van der Waals surface area (Å²) in [6.45, 7) is 5.12. The van der Waals surface area contributed by atoms with Crippen LogP contribution in [0.3, 0.4) is 0 Å². The fourth-order valence-electron chi connectivity index (χ4n) is 3.80. The molecule has 142 valence electrons. The fourth-order valence-corrected chi connectivity index (χ4v) is 4.43. The van der Waals surface area contributed by atoms with Gasteiger partial charge in [-0.1, -0.05) is 18.2 Å². The Bertz CT molecular complexity index is 814. The normalized spacial score (nSPS) is 27.0. The molecule has 0 aliphatic carbocycles. The largest absolute Gasteiger partial charge is 0.373 e. The zero-order valence-electron chi connectivity index (χ0n) is 15.5. The minimum absolute atomic E-state index is 0.00796. The van der Waals surface area contributed by atoms with E-state index in [0.717, 1.165) is 16.8 Å². The third-order valence-electron chi connectivity index (χ3n) is 4.97. The lowest BCUT2D eigenvalue weighted by Gasteiger charge is -2.18. The monoisotopic (exact) mass is 384 g/mol. The summed E-state index contributed by atoms with van der Waals surface area (Å²) < 4.78 is 11.9. The fraction of sp³-hybridized carbons (Fsp3) is 0.381. The number of aryl methyl sites for hydroxylation is 2. The van der Waals surface area contributed by atoms with Crippen molar-refractivity contribution < 1.29 is 14.3 Å². The van der Waals surface area contributed by atoms with Gasteiger partial charge in [-0.3, -0.25) is 0 Å². The molecule has 0 radical (unpaired) electrons. The summed E-state index contributed by atoms with van der Waals surface area (Å²) in [6.07, 6.45) is 4.16. The molecule has 2 fully saturated rings. The van der Waals surface area contributed by atoms with Crippen LogP contribution in [-0.2, 0) is 9.47 Å². The summed E-state index contributed by atoms with van der Waals surface area (Å²) in [5.41, 5.74) is 4.23. The molecule has 4 atom stereocenters. The van der Waals surface area contributed by atoms with Crippen molar-refractivity contribution in [2.75, 3.05) is 18.5 Å². The number of hydrogen-bond donors (Lipinski definition) is 2. The highest BCUT2D eigenvalue weighted by molar-refractivity contribution is 7.08. The van der Waals surface area contributed by atoms with Gasteiger partial charge < -0.3 is 20.1 Å². The molecule has 2 aliphatic heterocycles. The number of benzene rings is 1. The molecule has 2 amide bonds. The van der Waals surface area contributed by atoms with Gasteiger partial charge in [0.15, 0.2) is 0 Å². The van der Waals surface area contributed by atoms with Crippen LogP contribution in [0.15, 0.2) is 41.1 Å². The zero-order valence-corrected chi connectivity index (χ0v) is 16.3. The van der Waals surface area contributed by atoms with Crippen LogP contribution in [0.5, 0.6) is 0 Å². The van der Waals surface area contributed by atoms with E-state index in [1.54, 1.807) is 11.3 Å². The van der Waals surface area contributed by atoms with Crippen LogP contribution in [0, 0.1) is 19.8 Å². The molecule has 0 spiro atoms. The molecule has 0 saturated carbocycles. The predicted octanol–water partition coefficient (Wildman–Crippen LogP) is 3.98. The number of urea groups is 1. The van der Waals surface area contributed by atoms with Gasteiger partial charge in [-0.2, -0.15) is 11.3 Å². The Hall–Kier alpha value is -2.15. The Morgan fingerprint density at radius 1 is 1.15 bits per heavy atom. The summed E-state index contributed by atoms with van der Waals surface area (Å²) in [4.78, 5) is 12.4. The van der Waals surface area contributed by atoms with E-state index in [-0.39, 0.29) is 30.2 Å². The van der Waals surface area contributed by atoms with Crippen LogP contribution in [-0.4, -0.2) is 37.5 Å². The quantitative estimate of drug-likeness (QED) is 0.838. The average molecular weight is 385 g/mol. The molecule has 2 N–H and O–H groups in total. The maximum Gasteiger partial charge on any atom is 0.319 e. The topological polar surface area (TPSA) is 59.6 Å².